The lowest BCUT2D eigenvalue weighted by Gasteiger charge is -2.21. The Bertz CT molecular complexity index is 800. The van der Waals surface area contributed by atoms with E-state index in [4.69, 9.17) is 20.5 Å². The zero-order valence-electron chi connectivity index (χ0n) is 15.0. The molecule has 0 spiro atoms. The standard InChI is InChI=1S/C11H9N7O2.C5H11NO/c1-20-7-2-8(17-18-10(7)11(13)19)16-9-5-14-6(3-12)4-15-9;1-6-2-4-7-5-3-6/h2,4-5H,1H3,(H2,13,19)(H,15,16,17);2-5H2,1H3. The van der Waals surface area contributed by atoms with Crippen LogP contribution in [0.15, 0.2) is 18.5 Å². The normalized spacial score (nSPS) is 13.7. The van der Waals surface area contributed by atoms with E-state index in [1.54, 1.807) is 0 Å². The summed E-state index contributed by atoms with van der Waals surface area (Å²) in [5, 5.41) is 18.9. The Morgan fingerprint density at radius 2 is 2.04 bits per heavy atom. The topological polar surface area (TPSA) is 152 Å². The molecule has 0 bridgehead atoms. The maximum Gasteiger partial charge on any atom is 0.273 e. The minimum Gasteiger partial charge on any atom is -0.494 e. The fraction of sp³-hybridized carbons (Fsp3) is 0.375. The zero-order valence-corrected chi connectivity index (χ0v) is 15.0. The molecule has 1 aliphatic heterocycles. The summed E-state index contributed by atoms with van der Waals surface area (Å²) >= 11 is 0. The molecular formula is C16H20N8O3. The van der Waals surface area contributed by atoms with Gasteiger partial charge in [-0.25, -0.2) is 9.97 Å². The van der Waals surface area contributed by atoms with Crippen LogP contribution in [0.4, 0.5) is 11.6 Å². The van der Waals surface area contributed by atoms with Crippen LogP contribution < -0.4 is 15.8 Å². The third-order valence-electron chi connectivity index (χ3n) is 3.47. The Labute approximate surface area is 156 Å². The van der Waals surface area contributed by atoms with Gasteiger partial charge in [0.05, 0.1) is 32.7 Å². The number of nitrogens with two attached hydrogens (primary N) is 1. The molecule has 2 aromatic rings. The number of methoxy groups -OCH3 is 1. The number of primary amides is 1. The fourth-order valence-electron chi connectivity index (χ4n) is 2.00. The summed E-state index contributed by atoms with van der Waals surface area (Å²) in [5.74, 6) is 0.119. The van der Waals surface area contributed by atoms with Crippen LogP contribution in [-0.4, -0.2) is 71.4 Å². The third kappa shape index (κ3) is 6.14. The molecule has 0 radical (unpaired) electrons. The van der Waals surface area contributed by atoms with Gasteiger partial charge in [-0.05, 0) is 7.05 Å². The minimum atomic E-state index is -0.737. The van der Waals surface area contributed by atoms with Crippen molar-refractivity contribution >= 4 is 17.5 Å². The highest BCUT2D eigenvalue weighted by Crippen LogP contribution is 2.20. The number of nitrogens with zero attached hydrogens (tertiary/aromatic N) is 6. The van der Waals surface area contributed by atoms with Crippen LogP contribution in [0.25, 0.3) is 0 Å². The Hall–Kier alpha value is -3.36. The molecule has 3 N–H and O–H groups in total. The summed E-state index contributed by atoms with van der Waals surface area (Å²) in [5.41, 5.74) is 5.26. The Balaban J connectivity index is 0.000000313. The number of carbonyl (C=O) groups is 1. The first-order valence-electron chi connectivity index (χ1n) is 8.00. The van der Waals surface area contributed by atoms with Crippen LogP contribution in [0.1, 0.15) is 16.2 Å². The fourth-order valence-corrected chi connectivity index (χ4v) is 2.00. The van der Waals surface area contributed by atoms with Gasteiger partial charge in [-0.2, -0.15) is 5.26 Å². The number of amides is 1. The van der Waals surface area contributed by atoms with Crippen LogP contribution in [0, 0.1) is 11.3 Å². The van der Waals surface area contributed by atoms with E-state index in [0.29, 0.717) is 11.6 Å². The van der Waals surface area contributed by atoms with E-state index < -0.39 is 5.91 Å². The molecule has 3 rings (SSSR count). The average Bonchev–Trinajstić information content (AvgIpc) is 2.69. The number of aromatic nitrogens is 4. The summed E-state index contributed by atoms with van der Waals surface area (Å²) in [6, 6.07) is 3.31. The second-order valence-corrected chi connectivity index (χ2v) is 5.45. The van der Waals surface area contributed by atoms with Gasteiger partial charge in [0.15, 0.2) is 23.0 Å². The quantitative estimate of drug-likeness (QED) is 0.746. The number of morpholine rings is 1. The molecule has 1 aliphatic rings. The van der Waals surface area contributed by atoms with Crippen LogP contribution in [0.3, 0.4) is 0 Å². The SMILES string of the molecule is CN1CCOCC1.COc1cc(Nc2cnc(C#N)cn2)nnc1C(N)=O. The lowest BCUT2D eigenvalue weighted by molar-refractivity contribution is 0.0503. The van der Waals surface area contributed by atoms with Crippen molar-refractivity contribution < 1.29 is 14.3 Å². The van der Waals surface area contributed by atoms with Gasteiger partial charge in [0.1, 0.15) is 11.9 Å². The van der Waals surface area contributed by atoms with Crippen molar-refractivity contribution in [3.8, 4) is 11.8 Å². The van der Waals surface area contributed by atoms with Crippen LogP contribution >= 0.6 is 0 Å². The molecule has 0 unspecified atom stereocenters. The first kappa shape index (κ1) is 20.0. The van der Waals surface area contributed by atoms with E-state index >= 15 is 0 Å². The van der Waals surface area contributed by atoms with Crippen molar-refractivity contribution in [2.75, 3.05) is 45.8 Å². The van der Waals surface area contributed by atoms with Crippen molar-refractivity contribution in [2.24, 2.45) is 5.73 Å². The Kier molecular flexibility index (Phi) is 7.36. The monoisotopic (exact) mass is 372 g/mol. The van der Waals surface area contributed by atoms with Crippen molar-refractivity contribution in [1.29, 1.82) is 5.26 Å². The number of likely N-dealkylation sites (N-methyl/N-ethyl adjacent to an activating group) is 1. The summed E-state index contributed by atoms with van der Waals surface area (Å²) in [7, 11) is 3.50. The molecular weight excluding hydrogens is 352 g/mol. The van der Waals surface area contributed by atoms with Gasteiger partial charge in [-0.15, -0.1) is 10.2 Å². The van der Waals surface area contributed by atoms with E-state index in [9.17, 15) is 4.79 Å². The summed E-state index contributed by atoms with van der Waals surface area (Å²) < 4.78 is 10.1. The van der Waals surface area contributed by atoms with Crippen molar-refractivity contribution in [3.63, 3.8) is 0 Å². The van der Waals surface area contributed by atoms with E-state index in [1.165, 1.54) is 25.6 Å². The molecule has 1 amide bonds. The molecule has 2 aromatic heterocycles. The van der Waals surface area contributed by atoms with Crippen LogP contribution in [0.5, 0.6) is 5.75 Å². The second kappa shape index (κ2) is 9.95. The van der Waals surface area contributed by atoms with Gasteiger partial charge in [0.25, 0.3) is 5.91 Å². The van der Waals surface area contributed by atoms with Gasteiger partial charge >= 0.3 is 0 Å². The van der Waals surface area contributed by atoms with Crippen LogP contribution in [0.2, 0.25) is 0 Å². The molecule has 0 aliphatic carbocycles. The van der Waals surface area contributed by atoms with E-state index in [1.807, 2.05) is 6.07 Å². The number of anilines is 2. The largest absolute Gasteiger partial charge is 0.494 e. The molecule has 3 heterocycles. The maximum atomic E-state index is 11.1. The molecule has 0 atom stereocenters. The first-order valence-corrected chi connectivity index (χ1v) is 8.00. The van der Waals surface area contributed by atoms with Gasteiger partial charge in [-0.1, -0.05) is 0 Å². The van der Waals surface area contributed by atoms with E-state index in [2.05, 4.69) is 37.4 Å². The van der Waals surface area contributed by atoms with Crippen LogP contribution in [-0.2, 0) is 4.74 Å². The Morgan fingerprint density at radius 3 is 2.52 bits per heavy atom. The van der Waals surface area contributed by atoms with Crippen molar-refractivity contribution in [1.82, 2.24) is 25.1 Å². The predicted octanol–water partition coefficient (Wildman–Crippen LogP) is -0.0622. The van der Waals surface area contributed by atoms with Crippen molar-refractivity contribution in [3.05, 3.63) is 29.8 Å². The molecule has 1 fully saturated rings. The molecule has 27 heavy (non-hydrogen) atoms. The van der Waals surface area contributed by atoms with Gasteiger partial charge in [-0.3, -0.25) is 4.79 Å². The number of ether oxygens (including phenoxy) is 2. The molecule has 11 nitrogen and oxygen atoms in total. The number of nitriles is 1. The highest BCUT2D eigenvalue weighted by Gasteiger charge is 2.13. The Morgan fingerprint density at radius 1 is 1.30 bits per heavy atom. The van der Waals surface area contributed by atoms with E-state index in [0.717, 1.165) is 26.3 Å². The number of carbonyl (C=O) groups excluding carboxylic acids is 1. The highest BCUT2D eigenvalue weighted by atomic mass is 16.5. The minimum absolute atomic E-state index is 0.0658. The van der Waals surface area contributed by atoms with Crippen molar-refractivity contribution in [2.45, 2.75) is 0 Å². The third-order valence-corrected chi connectivity index (χ3v) is 3.47. The van der Waals surface area contributed by atoms with E-state index in [-0.39, 0.29) is 17.1 Å². The lowest BCUT2D eigenvalue weighted by atomic mass is 10.3. The maximum absolute atomic E-state index is 11.1. The van der Waals surface area contributed by atoms with Gasteiger partial charge in [0.2, 0.25) is 0 Å². The number of hydrogen-bond donors (Lipinski definition) is 2. The molecule has 1 saturated heterocycles. The zero-order chi connectivity index (χ0) is 19.6. The average molecular weight is 372 g/mol. The smallest absolute Gasteiger partial charge is 0.273 e. The number of hydrogen-bond acceptors (Lipinski definition) is 10. The molecule has 142 valence electrons. The molecule has 0 saturated carbocycles. The summed E-state index contributed by atoms with van der Waals surface area (Å²) in [4.78, 5) is 21.2. The second-order valence-electron chi connectivity index (χ2n) is 5.45. The molecule has 11 heteroatoms. The van der Waals surface area contributed by atoms with Gasteiger partial charge in [0, 0.05) is 19.2 Å². The highest BCUT2D eigenvalue weighted by molar-refractivity contribution is 5.93. The first-order chi connectivity index (χ1) is 13.0. The summed E-state index contributed by atoms with van der Waals surface area (Å²) in [6.07, 6.45) is 2.68. The molecule has 0 aromatic carbocycles. The number of nitrogens with one attached hydrogen (secondary N) is 1. The summed E-state index contributed by atoms with van der Waals surface area (Å²) in [6.45, 7) is 4.02. The lowest BCUT2D eigenvalue weighted by Crippen LogP contribution is -2.32. The van der Waals surface area contributed by atoms with Gasteiger partial charge < -0.3 is 25.4 Å². The predicted molar refractivity (Wildman–Crippen MR) is 95.4 cm³/mol. The number of rotatable bonds is 4.